The lowest BCUT2D eigenvalue weighted by Crippen LogP contribution is -2.37. The van der Waals surface area contributed by atoms with Crippen molar-refractivity contribution < 1.29 is 4.52 Å². The molecule has 5 nitrogen and oxygen atoms in total. The van der Waals surface area contributed by atoms with Crippen molar-refractivity contribution in [1.29, 1.82) is 0 Å². The number of aromatic nitrogens is 1. The third-order valence-corrected chi connectivity index (χ3v) is 3.62. The van der Waals surface area contributed by atoms with Crippen LogP contribution in [0.4, 0.5) is 0 Å². The summed E-state index contributed by atoms with van der Waals surface area (Å²) in [5.74, 6) is 2.48. The van der Waals surface area contributed by atoms with Gasteiger partial charge in [-0.15, -0.1) is 24.0 Å². The topological polar surface area (TPSA) is 62.5 Å². The molecule has 1 aromatic rings. The number of hydrogen-bond acceptors (Lipinski definition) is 3. The molecule has 2 N–H and O–H groups in total. The van der Waals surface area contributed by atoms with E-state index in [1.165, 1.54) is 32.1 Å². The van der Waals surface area contributed by atoms with Gasteiger partial charge in [-0.25, -0.2) is 0 Å². The van der Waals surface area contributed by atoms with E-state index in [1.807, 2.05) is 6.07 Å². The zero-order valence-corrected chi connectivity index (χ0v) is 17.4. The first-order chi connectivity index (χ1) is 10.7. The van der Waals surface area contributed by atoms with Gasteiger partial charge in [0.1, 0.15) is 0 Å². The summed E-state index contributed by atoms with van der Waals surface area (Å²) in [7, 11) is 1.79. The summed E-state index contributed by atoms with van der Waals surface area (Å²) in [5, 5.41) is 10.6. The van der Waals surface area contributed by atoms with Crippen LogP contribution in [-0.2, 0) is 13.0 Å². The molecule has 6 heteroatoms. The molecule has 0 fully saturated rings. The maximum atomic E-state index is 5.24. The van der Waals surface area contributed by atoms with Gasteiger partial charge in [-0.1, -0.05) is 51.6 Å². The lowest BCUT2D eigenvalue weighted by Gasteiger charge is -2.10. The molecule has 0 aliphatic rings. The molecular formula is C17H33IN4O. The minimum absolute atomic E-state index is 0. The van der Waals surface area contributed by atoms with Crippen molar-refractivity contribution in [2.24, 2.45) is 10.9 Å². The third-order valence-electron chi connectivity index (χ3n) is 3.62. The van der Waals surface area contributed by atoms with E-state index >= 15 is 0 Å². The van der Waals surface area contributed by atoms with Crippen molar-refractivity contribution in [2.75, 3.05) is 13.6 Å². The summed E-state index contributed by atoms with van der Waals surface area (Å²) in [6.07, 6.45) is 7.36. The highest BCUT2D eigenvalue weighted by molar-refractivity contribution is 14.0. The van der Waals surface area contributed by atoms with E-state index in [2.05, 4.69) is 41.6 Å². The number of nitrogens with one attached hydrogen (secondary N) is 2. The zero-order valence-electron chi connectivity index (χ0n) is 15.0. The monoisotopic (exact) mass is 436 g/mol. The van der Waals surface area contributed by atoms with Gasteiger partial charge in [0.2, 0.25) is 0 Å². The van der Waals surface area contributed by atoms with E-state index < -0.39 is 0 Å². The first-order valence-corrected chi connectivity index (χ1v) is 8.54. The van der Waals surface area contributed by atoms with Crippen LogP contribution in [0.2, 0.25) is 0 Å². The van der Waals surface area contributed by atoms with Crippen LogP contribution >= 0.6 is 24.0 Å². The second-order valence-electron chi connectivity index (χ2n) is 6.09. The minimum Gasteiger partial charge on any atom is -0.359 e. The molecule has 0 saturated carbocycles. The number of nitrogens with zero attached hydrogens (tertiary/aromatic N) is 2. The number of halogens is 1. The molecule has 0 amide bonds. The molecule has 0 atom stereocenters. The van der Waals surface area contributed by atoms with Crippen molar-refractivity contribution in [3.05, 3.63) is 17.5 Å². The second-order valence-corrected chi connectivity index (χ2v) is 6.09. The van der Waals surface area contributed by atoms with Crippen molar-refractivity contribution >= 4 is 29.9 Å². The Hall–Kier alpha value is -0.790. The Balaban J connectivity index is 0.00000484. The summed E-state index contributed by atoms with van der Waals surface area (Å²) >= 11 is 0. The van der Waals surface area contributed by atoms with Gasteiger partial charge in [0, 0.05) is 19.7 Å². The minimum atomic E-state index is 0. The van der Waals surface area contributed by atoms with Crippen LogP contribution in [0.25, 0.3) is 0 Å². The van der Waals surface area contributed by atoms with Crippen LogP contribution in [-0.4, -0.2) is 24.7 Å². The smallest absolute Gasteiger partial charge is 0.191 e. The van der Waals surface area contributed by atoms with Gasteiger partial charge in [0.15, 0.2) is 11.7 Å². The summed E-state index contributed by atoms with van der Waals surface area (Å²) in [6.45, 7) is 8.21. The molecule has 1 rings (SSSR count). The molecule has 1 aromatic heterocycles. The average molecular weight is 436 g/mol. The number of rotatable bonds is 10. The quantitative estimate of drug-likeness (QED) is 0.251. The van der Waals surface area contributed by atoms with Crippen molar-refractivity contribution in [3.63, 3.8) is 0 Å². The molecule has 0 bridgehead atoms. The first-order valence-electron chi connectivity index (χ1n) is 8.54. The molecule has 0 unspecified atom stereocenters. The molecular weight excluding hydrogens is 403 g/mol. The Morgan fingerprint density at radius 2 is 1.96 bits per heavy atom. The van der Waals surface area contributed by atoms with Crippen molar-refractivity contribution in [1.82, 2.24) is 15.8 Å². The highest BCUT2D eigenvalue weighted by atomic mass is 127. The molecule has 0 aromatic carbocycles. The predicted octanol–water partition coefficient (Wildman–Crippen LogP) is 4.13. The van der Waals surface area contributed by atoms with Gasteiger partial charge < -0.3 is 15.2 Å². The van der Waals surface area contributed by atoms with Gasteiger partial charge in [-0.2, -0.15) is 0 Å². The fourth-order valence-corrected chi connectivity index (χ4v) is 2.24. The summed E-state index contributed by atoms with van der Waals surface area (Å²) < 4.78 is 5.24. The van der Waals surface area contributed by atoms with Crippen LogP contribution in [0.1, 0.15) is 64.3 Å². The highest BCUT2D eigenvalue weighted by Crippen LogP contribution is 2.09. The lowest BCUT2D eigenvalue weighted by atomic mass is 10.0. The Bertz CT molecular complexity index is 432. The van der Waals surface area contributed by atoms with Gasteiger partial charge in [-0.3, -0.25) is 4.99 Å². The van der Waals surface area contributed by atoms with Crippen LogP contribution in [0.5, 0.6) is 0 Å². The van der Waals surface area contributed by atoms with E-state index in [9.17, 15) is 0 Å². The fourth-order valence-electron chi connectivity index (χ4n) is 2.24. The Labute approximate surface area is 158 Å². The van der Waals surface area contributed by atoms with Gasteiger partial charge in [0.05, 0.1) is 12.2 Å². The number of hydrogen-bond donors (Lipinski definition) is 2. The summed E-state index contributed by atoms with van der Waals surface area (Å²) in [4.78, 5) is 4.22. The first kappa shape index (κ1) is 22.2. The van der Waals surface area contributed by atoms with E-state index in [-0.39, 0.29) is 24.0 Å². The molecule has 0 aliphatic heterocycles. The molecule has 1 heterocycles. The number of unbranched alkanes of at least 4 members (excludes halogenated alkanes) is 3. The number of guanidine groups is 1. The molecule has 134 valence electrons. The van der Waals surface area contributed by atoms with Crippen LogP contribution in [0, 0.1) is 5.92 Å². The maximum Gasteiger partial charge on any atom is 0.191 e. The Morgan fingerprint density at radius 1 is 1.22 bits per heavy atom. The SMILES string of the molecule is CCc1cc(CNC(=NC)NCCCCCCC(C)C)on1.I. The largest absolute Gasteiger partial charge is 0.359 e. The Morgan fingerprint density at radius 3 is 2.57 bits per heavy atom. The predicted molar refractivity (Wildman–Crippen MR) is 107 cm³/mol. The summed E-state index contributed by atoms with van der Waals surface area (Å²) in [5.41, 5.74) is 0.987. The number of aryl methyl sites for hydroxylation is 1. The summed E-state index contributed by atoms with van der Waals surface area (Å²) in [6, 6.07) is 1.98. The molecule has 0 radical (unpaired) electrons. The van der Waals surface area contributed by atoms with Crippen molar-refractivity contribution in [2.45, 2.75) is 65.8 Å². The zero-order chi connectivity index (χ0) is 16.2. The second kappa shape index (κ2) is 13.6. The Kier molecular flexibility index (Phi) is 13.2. The third kappa shape index (κ3) is 10.6. The average Bonchev–Trinajstić information content (AvgIpc) is 2.97. The standard InChI is InChI=1S/C17H32N4O.HI/c1-5-15-12-16(22-21-15)13-20-17(18-4)19-11-9-7-6-8-10-14(2)3;/h12,14H,5-11,13H2,1-4H3,(H2,18,19,20);1H. The van der Waals surface area contributed by atoms with Crippen LogP contribution in [0.3, 0.4) is 0 Å². The van der Waals surface area contributed by atoms with Gasteiger partial charge in [-0.05, 0) is 18.8 Å². The van der Waals surface area contributed by atoms with Gasteiger partial charge >= 0.3 is 0 Å². The molecule has 23 heavy (non-hydrogen) atoms. The maximum absolute atomic E-state index is 5.24. The van der Waals surface area contributed by atoms with E-state index in [1.54, 1.807) is 7.05 Å². The van der Waals surface area contributed by atoms with Crippen LogP contribution < -0.4 is 10.6 Å². The molecule has 0 spiro atoms. The lowest BCUT2D eigenvalue weighted by molar-refractivity contribution is 0.374. The normalized spacial score (nSPS) is 11.4. The van der Waals surface area contributed by atoms with Gasteiger partial charge in [0.25, 0.3) is 0 Å². The number of aliphatic imine (C=N–C) groups is 1. The van der Waals surface area contributed by atoms with Crippen molar-refractivity contribution in [3.8, 4) is 0 Å². The highest BCUT2D eigenvalue weighted by Gasteiger charge is 2.03. The van der Waals surface area contributed by atoms with Crippen LogP contribution in [0.15, 0.2) is 15.6 Å². The fraction of sp³-hybridized carbons (Fsp3) is 0.765. The van der Waals surface area contributed by atoms with E-state index in [4.69, 9.17) is 4.52 Å². The van der Waals surface area contributed by atoms with E-state index in [0.29, 0.717) is 6.54 Å². The van der Waals surface area contributed by atoms with E-state index in [0.717, 1.165) is 36.3 Å². The molecule has 0 saturated heterocycles. The molecule has 0 aliphatic carbocycles.